The van der Waals surface area contributed by atoms with Gasteiger partial charge in [0.2, 0.25) is 0 Å². The van der Waals surface area contributed by atoms with E-state index in [2.05, 4.69) is 10.1 Å². The number of nitro benzene ring substituents is 1. The van der Waals surface area contributed by atoms with E-state index in [0.717, 1.165) is 43.5 Å². The van der Waals surface area contributed by atoms with Crippen LogP contribution in [0.4, 0.5) is 11.4 Å². The summed E-state index contributed by atoms with van der Waals surface area (Å²) in [6.45, 7) is 0. The molecule has 0 aliphatic carbocycles. The number of phenols is 1. The van der Waals surface area contributed by atoms with Crippen molar-refractivity contribution in [2.24, 2.45) is 0 Å². The van der Waals surface area contributed by atoms with Crippen molar-refractivity contribution in [3.63, 3.8) is 0 Å². The predicted octanol–water partition coefficient (Wildman–Crippen LogP) is 0.689. The first kappa shape index (κ1) is 32.9. The van der Waals surface area contributed by atoms with Gasteiger partial charge in [0.25, 0.3) is 31.8 Å². The number of phenolic OH excluding ortho intramolecular Hbond substituents is 1. The fraction of sp³-hybridized carbons (Fsp3) is 0.0526. The molecule has 188 valence electrons. The van der Waals surface area contributed by atoms with E-state index in [1.165, 1.54) is 0 Å². The van der Waals surface area contributed by atoms with Crippen LogP contribution in [0.5, 0.6) is 5.75 Å². The van der Waals surface area contributed by atoms with Crippen LogP contribution in [0.25, 0.3) is 10.8 Å². The Morgan fingerprint density at radius 1 is 0.892 bits per heavy atom. The van der Waals surface area contributed by atoms with Crippen molar-refractivity contribution >= 4 is 113 Å². The van der Waals surface area contributed by atoms with E-state index in [-0.39, 0.29) is 75.5 Å². The summed E-state index contributed by atoms with van der Waals surface area (Å²) in [5.41, 5.74) is -1.87. The predicted molar refractivity (Wildman–Crippen MR) is 132 cm³/mol. The van der Waals surface area contributed by atoms with E-state index in [4.69, 9.17) is 0 Å². The van der Waals surface area contributed by atoms with Crippen molar-refractivity contribution in [2.45, 2.75) is 9.79 Å². The van der Waals surface area contributed by atoms with Gasteiger partial charge in [0.05, 0.1) is 33.1 Å². The number of fused-ring (bicyclic) bond motifs is 1. The molecule has 18 heteroatoms. The summed E-state index contributed by atoms with van der Waals surface area (Å²) < 4.78 is 69.6. The Hall–Kier alpha value is -2.12. The third kappa shape index (κ3) is 7.47. The van der Waals surface area contributed by atoms with Crippen LogP contribution in [0.2, 0.25) is 0 Å². The van der Waals surface area contributed by atoms with Crippen molar-refractivity contribution in [2.75, 3.05) is 12.4 Å². The molecule has 4 N–H and O–H groups in total. The van der Waals surface area contributed by atoms with E-state index >= 15 is 0 Å². The second-order valence-electron chi connectivity index (χ2n) is 6.93. The number of amides is 1. The molecule has 3 aromatic rings. The molecule has 0 bridgehead atoms. The summed E-state index contributed by atoms with van der Waals surface area (Å²) in [6.07, 6.45) is 0. The molecule has 0 saturated heterocycles. The van der Waals surface area contributed by atoms with Crippen LogP contribution in [0.15, 0.2) is 52.3 Å². The molecule has 0 fully saturated rings. The number of non-ortho nitro benzene ring substituents is 1. The third-order valence-electron chi connectivity index (χ3n) is 4.63. The monoisotopic (exact) mass is 574 g/mol. The van der Waals surface area contributed by atoms with Gasteiger partial charge in [0, 0.05) is 29.1 Å². The number of benzene rings is 3. The molecule has 3 rings (SSSR count). The van der Waals surface area contributed by atoms with Crippen LogP contribution in [0, 0.1) is 10.1 Å². The Labute approximate surface area is 253 Å². The van der Waals surface area contributed by atoms with Gasteiger partial charge in [0.15, 0.2) is 0 Å². The van der Waals surface area contributed by atoms with Crippen LogP contribution < -0.4 is 5.32 Å². The summed E-state index contributed by atoms with van der Waals surface area (Å²) in [5, 5.41) is 23.1. The number of nitro groups is 1. The van der Waals surface area contributed by atoms with Crippen LogP contribution in [-0.2, 0) is 25.0 Å². The van der Waals surface area contributed by atoms with Crippen molar-refractivity contribution in [1.29, 1.82) is 0 Å². The van der Waals surface area contributed by atoms with E-state index in [1.807, 2.05) is 0 Å². The first-order chi connectivity index (χ1) is 16.1. The molecule has 3 aromatic carbocycles. The number of rotatable bonds is 6. The number of carbonyl (C=O) groups is 2. The average molecular weight is 574 g/mol. The standard InChI is InChI=1S/C19H14N2O12S2.2Na.2H/c1-33-19(24)11-2-10(3-12(4-11)21(25)26)18(23)20-15-7-13(34(27,28)29)5-9-6-14(35(30,31)32)8-16(22)17(9)15;;;;/h2-8,22H,1H3,(H,20,23)(H,27,28,29)(H,30,31,32);;;;. The normalized spacial score (nSPS) is 11.1. The van der Waals surface area contributed by atoms with E-state index in [9.17, 15) is 50.8 Å². The summed E-state index contributed by atoms with van der Waals surface area (Å²) in [5.74, 6) is -2.90. The number of methoxy groups -OCH3 is 1. The molecule has 0 atom stereocenters. The van der Waals surface area contributed by atoms with Crippen molar-refractivity contribution in [3.05, 3.63) is 63.7 Å². The maximum atomic E-state index is 12.9. The number of carbonyl (C=O) groups excluding carboxylic acids is 2. The molecule has 0 aromatic heterocycles. The number of aromatic hydroxyl groups is 1. The third-order valence-corrected chi connectivity index (χ3v) is 6.29. The maximum absolute atomic E-state index is 12.9. The summed E-state index contributed by atoms with van der Waals surface area (Å²) in [6, 6.07) is 5.55. The molecule has 1 amide bonds. The molecule has 0 spiro atoms. The number of nitrogens with one attached hydrogen (secondary N) is 1. The zero-order chi connectivity index (χ0) is 26.3. The fourth-order valence-corrected chi connectivity index (χ4v) is 4.19. The molecule has 0 heterocycles. The molecule has 0 radical (unpaired) electrons. The quantitative estimate of drug-likeness (QED) is 0.105. The van der Waals surface area contributed by atoms with Crippen molar-refractivity contribution in [1.82, 2.24) is 0 Å². The first-order valence-electron chi connectivity index (χ1n) is 9.06. The van der Waals surface area contributed by atoms with Crippen LogP contribution in [-0.4, -0.2) is 114 Å². The topological polar surface area (TPSA) is 228 Å². The average Bonchev–Trinajstić information content (AvgIpc) is 2.76. The summed E-state index contributed by atoms with van der Waals surface area (Å²) in [4.78, 5) is 33.4. The first-order valence-corrected chi connectivity index (χ1v) is 11.9. The molecular formula is C19H16N2Na2O12S2. The Kier molecular flexibility index (Phi) is 10.8. The van der Waals surface area contributed by atoms with Gasteiger partial charge >= 0.3 is 65.1 Å². The van der Waals surface area contributed by atoms with Crippen molar-refractivity contribution in [3.8, 4) is 5.75 Å². The Morgan fingerprint density at radius 2 is 1.41 bits per heavy atom. The van der Waals surface area contributed by atoms with Crippen LogP contribution in [0.3, 0.4) is 0 Å². The number of esters is 1. The fourth-order valence-electron chi connectivity index (χ4n) is 3.11. The second kappa shape index (κ2) is 12.2. The molecular weight excluding hydrogens is 558 g/mol. The summed E-state index contributed by atoms with van der Waals surface area (Å²) in [7, 11) is -8.74. The van der Waals surface area contributed by atoms with E-state index in [0.29, 0.717) is 6.07 Å². The number of hydrogen-bond donors (Lipinski definition) is 4. The number of hydrogen-bond acceptors (Lipinski definition) is 10. The zero-order valence-corrected chi connectivity index (χ0v) is 19.0. The van der Waals surface area contributed by atoms with Gasteiger partial charge in [-0.3, -0.25) is 24.0 Å². The van der Waals surface area contributed by atoms with Crippen LogP contribution in [0.1, 0.15) is 20.7 Å². The number of nitrogens with zero attached hydrogens (tertiary/aromatic N) is 1. The Morgan fingerprint density at radius 3 is 1.89 bits per heavy atom. The second-order valence-corrected chi connectivity index (χ2v) is 9.78. The van der Waals surface area contributed by atoms with Gasteiger partial charge in [-0.15, -0.1) is 0 Å². The molecule has 0 unspecified atom stereocenters. The van der Waals surface area contributed by atoms with Gasteiger partial charge in [-0.2, -0.15) is 16.8 Å². The number of anilines is 1. The molecule has 14 nitrogen and oxygen atoms in total. The minimum absolute atomic E-state index is 0. The minimum atomic E-state index is -4.91. The molecule has 0 saturated carbocycles. The molecule has 0 aliphatic heterocycles. The summed E-state index contributed by atoms with van der Waals surface area (Å²) >= 11 is 0. The van der Waals surface area contributed by atoms with Crippen LogP contribution >= 0.6 is 0 Å². The Bertz CT molecular complexity index is 1640. The molecule has 0 aliphatic rings. The SMILES string of the molecule is COC(=O)c1cc(C(=O)Nc2cc(S(=O)(=O)O)cc3cc(S(=O)(=O)O)cc(O)c23)cc([N+](=O)[O-])c1.[NaH].[NaH]. The van der Waals surface area contributed by atoms with Gasteiger partial charge in [-0.1, -0.05) is 0 Å². The van der Waals surface area contributed by atoms with Gasteiger partial charge in [-0.05, 0) is 29.7 Å². The van der Waals surface area contributed by atoms with E-state index in [1.54, 1.807) is 0 Å². The number of ether oxygens (including phenoxy) is 1. The van der Waals surface area contributed by atoms with E-state index < -0.39 is 69.5 Å². The zero-order valence-electron chi connectivity index (χ0n) is 17.3. The van der Waals surface area contributed by atoms with Crippen molar-refractivity contribution < 1.29 is 50.3 Å². The Balaban J connectivity index is 0.00000342. The van der Waals surface area contributed by atoms with Gasteiger partial charge in [0.1, 0.15) is 5.75 Å². The van der Waals surface area contributed by atoms with Gasteiger partial charge in [-0.25, -0.2) is 4.79 Å². The van der Waals surface area contributed by atoms with Gasteiger partial charge < -0.3 is 15.2 Å². The molecule has 37 heavy (non-hydrogen) atoms.